The van der Waals surface area contributed by atoms with Crippen LogP contribution in [0.1, 0.15) is 72.6 Å². The first-order valence-electron chi connectivity index (χ1n) is 12.6. The fourth-order valence-corrected chi connectivity index (χ4v) is 8.70. The summed E-state index contributed by atoms with van der Waals surface area (Å²) in [5.41, 5.74) is 3.12. The van der Waals surface area contributed by atoms with E-state index in [4.69, 9.17) is 4.74 Å². The quantitative estimate of drug-likeness (QED) is 0.618. The number of aliphatic hydroxyl groups is 1. The molecule has 5 rings (SSSR count). The molecule has 0 bridgehead atoms. The first-order valence-corrected chi connectivity index (χ1v) is 12.6. The van der Waals surface area contributed by atoms with Crippen molar-refractivity contribution < 1.29 is 19.4 Å². The largest absolute Gasteiger partial charge is 0.458 e. The average molecular weight is 439 g/mol. The molecule has 8 atom stereocenters. The number of hydrogen-bond acceptors (Lipinski definition) is 4. The molecule has 4 nitrogen and oxygen atoms in total. The second-order valence-corrected chi connectivity index (χ2v) is 11.8. The van der Waals surface area contributed by atoms with Gasteiger partial charge in [-0.2, -0.15) is 0 Å². The van der Waals surface area contributed by atoms with E-state index in [1.165, 1.54) is 37.7 Å². The van der Waals surface area contributed by atoms with Gasteiger partial charge in [-0.15, -0.1) is 0 Å². The number of fused-ring (bicyclic) bond motifs is 5. The van der Waals surface area contributed by atoms with Crippen molar-refractivity contribution in [3.05, 3.63) is 34.9 Å². The highest BCUT2D eigenvalue weighted by molar-refractivity contribution is 6.01. The van der Waals surface area contributed by atoms with Crippen molar-refractivity contribution in [2.24, 2.45) is 40.4 Å². The molecule has 0 aromatic heterocycles. The summed E-state index contributed by atoms with van der Waals surface area (Å²) in [6, 6.07) is 0. The molecule has 1 heterocycles. The number of aliphatic hydroxyl groups excluding tert-OH is 1. The van der Waals surface area contributed by atoms with E-state index < -0.39 is 0 Å². The maximum absolute atomic E-state index is 12.4. The molecular weight excluding hydrogens is 400 g/mol. The van der Waals surface area contributed by atoms with Gasteiger partial charge in [-0.1, -0.05) is 38.0 Å². The highest BCUT2D eigenvalue weighted by Crippen LogP contribution is 2.67. The van der Waals surface area contributed by atoms with Gasteiger partial charge in [0.25, 0.3) is 0 Å². The van der Waals surface area contributed by atoms with Crippen LogP contribution in [0.3, 0.4) is 0 Å². The number of ketones is 1. The number of hydrogen-bond donors (Lipinski definition) is 1. The van der Waals surface area contributed by atoms with Crippen molar-refractivity contribution in [3.8, 4) is 0 Å². The molecule has 1 N–H and O–H groups in total. The zero-order valence-electron chi connectivity index (χ0n) is 20.0. The van der Waals surface area contributed by atoms with E-state index in [9.17, 15) is 14.7 Å². The first kappa shape index (κ1) is 22.1. The monoisotopic (exact) mass is 438 g/mol. The first-order chi connectivity index (χ1) is 15.2. The van der Waals surface area contributed by atoms with Crippen LogP contribution in [0, 0.1) is 40.4 Å². The van der Waals surface area contributed by atoms with Crippen molar-refractivity contribution in [1.82, 2.24) is 0 Å². The third-order valence-electron chi connectivity index (χ3n) is 10.5. The molecule has 0 amide bonds. The van der Waals surface area contributed by atoms with Gasteiger partial charge in [0.2, 0.25) is 0 Å². The van der Waals surface area contributed by atoms with Crippen molar-refractivity contribution in [2.45, 2.75) is 78.7 Å². The molecule has 174 valence electrons. The Morgan fingerprint density at radius 1 is 1.16 bits per heavy atom. The summed E-state index contributed by atoms with van der Waals surface area (Å²) in [7, 11) is 0. The molecule has 32 heavy (non-hydrogen) atoms. The van der Waals surface area contributed by atoms with Crippen LogP contribution >= 0.6 is 0 Å². The van der Waals surface area contributed by atoms with E-state index in [1.807, 2.05) is 13.0 Å². The van der Waals surface area contributed by atoms with Crippen molar-refractivity contribution >= 4 is 11.8 Å². The number of carbonyl (C=O) groups excluding carboxylic acids is 2. The lowest BCUT2D eigenvalue weighted by atomic mass is 9.47. The minimum absolute atomic E-state index is 0.0450. The SMILES string of the molecule is CC1=C(CO)C(=O)O[C@H]([C@@H](C)[C@H]2CC[C@H]3[C@@H]4CCC5=CC(=O)C=C[C@]5(C)[C@H]4CC[C@]23C)C1. The molecule has 0 unspecified atom stereocenters. The van der Waals surface area contributed by atoms with Gasteiger partial charge in [0.15, 0.2) is 5.78 Å². The Balaban J connectivity index is 1.37. The van der Waals surface area contributed by atoms with E-state index in [1.54, 1.807) is 6.08 Å². The van der Waals surface area contributed by atoms with Crippen molar-refractivity contribution in [2.75, 3.05) is 6.61 Å². The average Bonchev–Trinajstić information content (AvgIpc) is 3.10. The van der Waals surface area contributed by atoms with Gasteiger partial charge in [0.05, 0.1) is 12.2 Å². The fraction of sp³-hybridized carbons (Fsp3) is 0.714. The predicted octanol–water partition coefficient (Wildman–Crippen LogP) is 5.17. The highest BCUT2D eigenvalue weighted by atomic mass is 16.5. The van der Waals surface area contributed by atoms with E-state index in [0.29, 0.717) is 35.2 Å². The number of allylic oxidation sites excluding steroid dienone is 4. The molecule has 0 radical (unpaired) electrons. The Labute approximate surface area is 192 Å². The molecule has 0 aromatic carbocycles. The Hall–Kier alpha value is -1.68. The topological polar surface area (TPSA) is 63.6 Å². The second-order valence-electron chi connectivity index (χ2n) is 11.8. The lowest BCUT2D eigenvalue weighted by Gasteiger charge is -2.57. The molecule has 4 heteroatoms. The lowest BCUT2D eigenvalue weighted by molar-refractivity contribution is -0.152. The van der Waals surface area contributed by atoms with Gasteiger partial charge in [-0.05, 0) is 92.6 Å². The van der Waals surface area contributed by atoms with Crippen LogP contribution in [0.25, 0.3) is 0 Å². The fourth-order valence-electron chi connectivity index (χ4n) is 8.70. The van der Waals surface area contributed by atoms with Crippen LogP contribution in [0.5, 0.6) is 0 Å². The van der Waals surface area contributed by atoms with Crippen LogP contribution in [-0.2, 0) is 14.3 Å². The molecule has 0 aromatic rings. The number of rotatable bonds is 3. The summed E-state index contributed by atoms with van der Waals surface area (Å²) in [6.45, 7) is 8.91. The van der Waals surface area contributed by atoms with Gasteiger partial charge < -0.3 is 9.84 Å². The summed E-state index contributed by atoms with van der Waals surface area (Å²) in [6.07, 6.45) is 13.8. The number of carbonyl (C=O) groups is 2. The molecule has 5 aliphatic rings. The standard InChI is InChI=1S/C28H38O4/c1-16-13-25(32-26(31)21(16)15-29)17(2)22-7-8-23-20-6-5-18-14-19(30)9-11-27(18,3)24(20)10-12-28(22,23)4/h9,11,14,17,20,22-25,29H,5-8,10,12-13,15H2,1-4H3/t17-,20-,22+,23-,24-,25-,27-,28+/m0/s1. The summed E-state index contributed by atoms with van der Waals surface area (Å²) >= 11 is 0. The molecule has 4 aliphatic carbocycles. The summed E-state index contributed by atoms with van der Waals surface area (Å²) in [4.78, 5) is 24.4. The van der Waals surface area contributed by atoms with E-state index >= 15 is 0 Å². The molecular formula is C28H38O4. The Bertz CT molecular complexity index is 926. The minimum Gasteiger partial charge on any atom is -0.458 e. The number of ether oxygens (including phenoxy) is 1. The third-order valence-corrected chi connectivity index (χ3v) is 10.5. The summed E-state index contributed by atoms with van der Waals surface area (Å²) in [5.74, 6) is 2.76. The highest BCUT2D eigenvalue weighted by Gasteiger charge is 2.59. The number of cyclic esters (lactones) is 1. The van der Waals surface area contributed by atoms with Gasteiger partial charge in [0.1, 0.15) is 6.10 Å². The van der Waals surface area contributed by atoms with Gasteiger partial charge >= 0.3 is 5.97 Å². The van der Waals surface area contributed by atoms with E-state index in [-0.39, 0.29) is 35.3 Å². The normalized spacial score (nSPS) is 44.4. The summed E-state index contributed by atoms with van der Waals surface area (Å²) in [5, 5.41) is 9.51. The lowest BCUT2D eigenvalue weighted by Crippen LogP contribution is -2.51. The smallest absolute Gasteiger partial charge is 0.336 e. The molecule has 3 fully saturated rings. The van der Waals surface area contributed by atoms with Crippen molar-refractivity contribution in [1.29, 1.82) is 0 Å². The number of esters is 1. The molecule has 0 spiro atoms. The van der Waals surface area contributed by atoms with Gasteiger partial charge in [-0.25, -0.2) is 4.79 Å². The van der Waals surface area contributed by atoms with Gasteiger partial charge in [-0.3, -0.25) is 4.79 Å². The zero-order chi connectivity index (χ0) is 22.8. The molecule has 3 saturated carbocycles. The van der Waals surface area contributed by atoms with Crippen LogP contribution in [0.15, 0.2) is 34.9 Å². The Kier molecular flexibility index (Phi) is 5.31. The van der Waals surface area contributed by atoms with E-state index in [2.05, 4.69) is 26.8 Å². The van der Waals surface area contributed by atoms with Crippen LogP contribution in [0.2, 0.25) is 0 Å². The maximum atomic E-state index is 12.4. The van der Waals surface area contributed by atoms with Crippen LogP contribution in [-0.4, -0.2) is 29.6 Å². The summed E-state index contributed by atoms with van der Waals surface area (Å²) < 4.78 is 5.86. The Morgan fingerprint density at radius 3 is 2.66 bits per heavy atom. The molecule has 0 saturated heterocycles. The van der Waals surface area contributed by atoms with Gasteiger partial charge in [0, 0.05) is 11.8 Å². The zero-order valence-corrected chi connectivity index (χ0v) is 20.0. The molecule has 1 aliphatic heterocycles. The van der Waals surface area contributed by atoms with E-state index in [0.717, 1.165) is 18.4 Å². The van der Waals surface area contributed by atoms with Crippen molar-refractivity contribution in [3.63, 3.8) is 0 Å². The maximum Gasteiger partial charge on any atom is 0.336 e. The predicted molar refractivity (Wildman–Crippen MR) is 124 cm³/mol. The minimum atomic E-state index is -0.324. The Morgan fingerprint density at radius 2 is 1.94 bits per heavy atom. The third kappa shape index (κ3) is 3.12. The van der Waals surface area contributed by atoms with Crippen LogP contribution in [0.4, 0.5) is 0 Å². The van der Waals surface area contributed by atoms with Crippen LogP contribution < -0.4 is 0 Å². The second kappa shape index (κ2) is 7.68.